The minimum atomic E-state index is -3.08. The van der Waals surface area contributed by atoms with Gasteiger partial charge in [0, 0.05) is 13.1 Å². The van der Waals surface area contributed by atoms with Crippen molar-refractivity contribution in [3.63, 3.8) is 0 Å². The van der Waals surface area contributed by atoms with Gasteiger partial charge in [0.15, 0.2) is 5.44 Å². The van der Waals surface area contributed by atoms with Gasteiger partial charge in [-0.1, -0.05) is 79.7 Å². The van der Waals surface area contributed by atoms with Gasteiger partial charge >= 0.3 is 6.03 Å². The average molecular weight is 696 g/mol. The van der Waals surface area contributed by atoms with Crippen LogP contribution in [-0.4, -0.2) is 98.1 Å². The van der Waals surface area contributed by atoms with Crippen LogP contribution in [-0.2, 0) is 23.9 Å². The fraction of sp³-hybridized carbons (Fsp3) is 0.794. The van der Waals surface area contributed by atoms with Gasteiger partial charge < -0.3 is 30.9 Å². The molecule has 0 radical (unpaired) electrons. The van der Waals surface area contributed by atoms with Crippen molar-refractivity contribution in [2.45, 2.75) is 122 Å². The Morgan fingerprint density at radius 2 is 1.75 bits per heavy atom. The van der Waals surface area contributed by atoms with E-state index in [0.717, 1.165) is 25.7 Å². The molecule has 0 aromatic rings. The summed E-state index contributed by atoms with van der Waals surface area (Å²) in [5, 5.41) is 11.2. The lowest BCUT2D eigenvalue weighted by Gasteiger charge is -2.48. The molecule has 2 saturated carbocycles. The molecule has 4 aliphatic rings. The maximum atomic E-state index is 14.4. The number of carbonyl (C=O) groups excluding carboxylic acids is 5. The number of ketones is 1. The van der Waals surface area contributed by atoms with E-state index in [-0.39, 0.29) is 42.6 Å². The molecule has 13 nitrogen and oxygen atoms in total. The van der Waals surface area contributed by atoms with Crippen molar-refractivity contribution in [2.75, 3.05) is 25.4 Å². The van der Waals surface area contributed by atoms with E-state index in [9.17, 15) is 33.1 Å². The standard InChI is InChI=1S/C34H57N5O8S/c1-8-10-14-22(25(40)28(42)35-17-9-2)36-27(41)24-23-21(33(23,6)7)20-39(24)29(43)26(32(3,4)5)37-31(44)38-34(15-12-11-13-16-34)30-47-18-19-48(30,45)46/h9,21-24,26,30,45-46H,2,8,10-20H2,1,3-7H3,(H,35,42)(H,36,41)(H2,37,38,44)/t21-,22-,23-,24-,26+,30-/m0/s1. The molecule has 6 N–H and O–H groups in total. The molecule has 272 valence electrons. The summed E-state index contributed by atoms with van der Waals surface area (Å²) in [6, 6.07) is -3.57. The molecule has 2 saturated heterocycles. The van der Waals surface area contributed by atoms with Gasteiger partial charge in [-0.15, -0.1) is 6.58 Å². The predicted octanol–water partition coefficient (Wildman–Crippen LogP) is 3.54. The normalized spacial score (nSPS) is 28.6. The maximum absolute atomic E-state index is 14.4. The summed E-state index contributed by atoms with van der Waals surface area (Å²) in [5.41, 5.74) is -2.87. The highest BCUT2D eigenvalue weighted by Crippen LogP contribution is 2.65. The molecule has 14 heteroatoms. The zero-order valence-corrected chi connectivity index (χ0v) is 30.2. The third-order valence-electron chi connectivity index (χ3n) is 10.8. The number of amides is 5. The number of hydrogen-bond acceptors (Lipinski definition) is 8. The summed E-state index contributed by atoms with van der Waals surface area (Å²) < 4.78 is 27.4. The van der Waals surface area contributed by atoms with Crippen LogP contribution in [0.4, 0.5) is 4.79 Å². The number of fused-ring (bicyclic) bond motifs is 1. The quantitative estimate of drug-likeness (QED) is 0.125. The number of likely N-dealkylation sites (tertiary alicyclic amines) is 1. The number of rotatable bonds is 13. The third kappa shape index (κ3) is 7.87. The zero-order valence-electron chi connectivity index (χ0n) is 29.4. The van der Waals surface area contributed by atoms with Crippen LogP contribution in [0.2, 0.25) is 0 Å². The lowest BCUT2D eigenvalue weighted by Crippen LogP contribution is -2.65. The summed E-state index contributed by atoms with van der Waals surface area (Å²) in [5.74, 6) is -2.43. The van der Waals surface area contributed by atoms with E-state index < -0.39 is 74.6 Å². The van der Waals surface area contributed by atoms with Crippen LogP contribution in [0.5, 0.6) is 0 Å². The van der Waals surface area contributed by atoms with Gasteiger partial charge in [0.2, 0.25) is 17.6 Å². The monoisotopic (exact) mass is 695 g/mol. The second-order valence-corrected chi connectivity index (χ2v) is 18.0. The van der Waals surface area contributed by atoms with Crippen LogP contribution in [0.1, 0.15) is 92.9 Å². The smallest absolute Gasteiger partial charge is 0.316 e. The molecule has 6 atom stereocenters. The molecule has 48 heavy (non-hydrogen) atoms. The minimum absolute atomic E-state index is 0.0579. The van der Waals surface area contributed by atoms with Crippen molar-refractivity contribution in [1.29, 1.82) is 0 Å². The second kappa shape index (κ2) is 14.7. The van der Waals surface area contributed by atoms with Gasteiger partial charge in [-0.3, -0.25) is 28.3 Å². The number of ether oxygens (including phenoxy) is 1. The van der Waals surface area contributed by atoms with Gasteiger partial charge in [0.05, 0.1) is 23.9 Å². The second-order valence-electron chi connectivity index (χ2n) is 15.7. The third-order valence-corrected chi connectivity index (χ3v) is 12.9. The van der Waals surface area contributed by atoms with Crippen molar-refractivity contribution in [3.8, 4) is 0 Å². The molecule has 0 unspecified atom stereocenters. The molecule has 0 aromatic carbocycles. The van der Waals surface area contributed by atoms with Gasteiger partial charge in [-0.25, -0.2) is 4.79 Å². The van der Waals surface area contributed by atoms with Crippen molar-refractivity contribution in [3.05, 3.63) is 12.7 Å². The van der Waals surface area contributed by atoms with Crippen LogP contribution in [0.3, 0.4) is 0 Å². The first-order valence-electron chi connectivity index (χ1n) is 17.4. The fourth-order valence-electron chi connectivity index (χ4n) is 7.98. The Labute approximate surface area is 286 Å². The van der Waals surface area contributed by atoms with E-state index in [2.05, 4.69) is 41.7 Å². The molecule has 4 rings (SSSR count). The minimum Gasteiger partial charge on any atom is -0.355 e. The Morgan fingerprint density at radius 1 is 1.08 bits per heavy atom. The molecule has 0 spiro atoms. The largest absolute Gasteiger partial charge is 0.355 e. The Bertz CT molecular complexity index is 1260. The molecule has 2 heterocycles. The van der Waals surface area contributed by atoms with E-state index >= 15 is 0 Å². The van der Waals surface area contributed by atoms with Crippen molar-refractivity contribution < 1.29 is 37.8 Å². The highest BCUT2D eigenvalue weighted by atomic mass is 32.3. The highest BCUT2D eigenvalue weighted by Gasteiger charge is 2.70. The van der Waals surface area contributed by atoms with Gasteiger partial charge in [0.1, 0.15) is 12.1 Å². The Kier molecular flexibility index (Phi) is 11.6. The summed E-state index contributed by atoms with van der Waals surface area (Å²) >= 11 is 0. The van der Waals surface area contributed by atoms with E-state index in [1.165, 1.54) is 11.0 Å². The number of unbranched alkanes of at least 4 members (excludes halogenated alkanes) is 1. The van der Waals surface area contributed by atoms with Crippen LogP contribution in [0.15, 0.2) is 12.7 Å². The summed E-state index contributed by atoms with van der Waals surface area (Å²) in [4.78, 5) is 69.4. The number of carbonyl (C=O) groups is 5. The summed E-state index contributed by atoms with van der Waals surface area (Å²) in [6.07, 6.45) is 6.70. The lowest BCUT2D eigenvalue weighted by atomic mass is 9.82. The first-order chi connectivity index (χ1) is 22.4. The fourth-order valence-corrected chi connectivity index (χ4v) is 9.87. The van der Waals surface area contributed by atoms with E-state index in [4.69, 9.17) is 4.74 Å². The highest BCUT2D eigenvalue weighted by molar-refractivity contribution is 8.25. The molecule has 2 aliphatic carbocycles. The zero-order chi connectivity index (χ0) is 35.7. The maximum Gasteiger partial charge on any atom is 0.316 e. The molecule has 2 aliphatic heterocycles. The van der Waals surface area contributed by atoms with Crippen molar-refractivity contribution in [2.24, 2.45) is 22.7 Å². The van der Waals surface area contributed by atoms with Crippen LogP contribution in [0, 0.1) is 22.7 Å². The van der Waals surface area contributed by atoms with Gasteiger partial charge in [-0.2, -0.15) is 10.6 Å². The number of Topliss-reactive ketones (excluding diaryl/α,β-unsaturated/α-hetero) is 1. The molecular weight excluding hydrogens is 638 g/mol. The lowest BCUT2D eigenvalue weighted by molar-refractivity contribution is -0.145. The Hall–Kier alpha value is -2.68. The van der Waals surface area contributed by atoms with Crippen LogP contribution >= 0.6 is 10.6 Å². The topological polar surface area (TPSA) is 186 Å². The summed E-state index contributed by atoms with van der Waals surface area (Å²) in [7, 11) is -3.08. The first-order valence-corrected chi connectivity index (χ1v) is 19.2. The van der Waals surface area contributed by atoms with E-state index in [1.54, 1.807) is 0 Å². The molecular formula is C34H57N5O8S. The van der Waals surface area contributed by atoms with Crippen LogP contribution in [0.25, 0.3) is 0 Å². The number of piperidine rings is 1. The molecule has 5 amide bonds. The van der Waals surface area contributed by atoms with E-state index in [0.29, 0.717) is 25.8 Å². The van der Waals surface area contributed by atoms with Crippen LogP contribution < -0.4 is 21.3 Å². The Balaban J connectivity index is 1.55. The van der Waals surface area contributed by atoms with E-state index in [1.807, 2.05) is 27.7 Å². The molecule has 0 bridgehead atoms. The number of urea groups is 1. The van der Waals surface area contributed by atoms with Crippen molar-refractivity contribution in [1.82, 2.24) is 26.2 Å². The molecule has 0 aromatic heterocycles. The predicted molar refractivity (Wildman–Crippen MR) is 184 cm³/mol. The number of nitrogens with zero attached hydrogens (tertiary/aromatic N) is 1. The molecule has 4 fully saturated rings. The first kappa shape index (κ1) is 38.1. The van der Waals surface area contributed by atoms with Gasteiger partial charge in [0.25, 0.3) is 5.91 Å². The van der Waals surface area contributed by atoms with Gasteiger partial charge in [-0.05, 0) is 41.9 Å². The summed E-state index contributed by atoms with van der Waals surface area (Å²) in [6.45, 7) is 15.8. The average Bonchev–Trinajstić information content (AvgIpc) is 3.33. The number of hydrogen-bond donors (Lipinski definition) is 6. The Morgan fingerprint density at radius 3 is 2.31 bits per heavy atom. The van der Waals surface area contributed by atoms with Crippen molar-refractivity contribution >= 4 is 40.1 Å². The number of nitrogens with one attached hydrogen (secondary N) is 4. The SMILES string of the molecule is C=CCNC(=O)C(=O)[C@H](CCCC)NC(=O)[C@@H]1[C@@H]2[C@H](CN1C(=O)[C@@H](NC(=O)NC1([C@H]3OCCS3(O)O)CCCCC1)C(C)(C)C)C2(C)C.